The molecule has 0 aromatic heterocycles. The summed E-state index contributed by atoms with van der Waals surface area (Å²) in [7, 11) is 0. The maximum atomic E-state index is 12.9. The first-order valence-electron chi connectivity index (χ1n) is 6.95. The Balaban J connectivity index is 2.05. The largest absolute Gasteiger partial charge is 0.340 e. The van der Waals surface area contributed by atoms with Gasteiger partial charge in [0.05, 0.1) is 10.7 Å². The number of piperazine rings is 1. The summed E-state index contributed by atoms with van der Waals surface area (Å²) in [5.74, 6) is -0.137. The second-order valence-corrected chi connectivity index (χ2v) is 5.99. The Morgan fingerprint density at radius 1 is 1.25 bits per heavy atom. The monoisotopic (exact) mass is 292 g/mol. The Bertz CT molecular complexity index is 567. The molecule has 5 heteroatoms. The van der Waals surface area contributed by atoms with Gasteiger partial charge in [-0.1, -0.05) is 36.6 Å². The van der Waals surface area contributed by atoms with Crippen LogP contribution in [0.3, 0.4) is 0 Å². The molecule has 2 aliphatic rings. The predicted octanol–water partition coefficient (Wildman–Crippen LogP) is 2.50. The van der Waals surface area contributed by atoms with E-state index >= 15 is 0 Å². The average Bonchev–Trinajstić information content (AvgIpc) is 2.89. The van der Waals surface area contributed by atoms with Crippen LogP contribution in [-0.4, -0.2) is 23.4 Å². The van der Waals surface area contributed by atoms with Gasteiger partial charge in [-0.3, -0.25) is 14.5 Å². The Hall–Kier alpha value is -1.55. The van der Waals surface area contributed by atoms with E-state index in [1.165, 1.54) is 0 Å². The topological polar surface area (TPSA) is 49.4 Å². The maximum absolute atomic E-state index is 12.9. The van der Waals surface area contributed by atoms with Crippen molar-refractivity contribution in [3.63, 3.8) is 0 Å². The fourth-order valence-electron chi connectivity index (χ4n) is 3.20. The third-order valence-electron chi connectivity index (χ3n) is 4.33. The molecule has 1 heterocycles. The van der Waals surface area contributed by atoms with Crippen LogP contribution in [0.4, 0.5) is 5.69 Å². The summed E-state index contributed by atoms with van der Waals surface area (Å²) in [5.41, 5.74) is -0.101. The van der Waals surface area contributed by atoms with E-state index < -0.39 is 11.6 Å². The summed E-state index contributed by atoms with van der Waals surface area (Å²) in [6.45, 7) is 1.73. The molecule has 1 N–H and O–H groups in total. The van der Waals surface area contributed by atoms with Crippen LogP contribution in [0.5, 0.6) is 0 Å². The number of rotatable bonds is 1. The third kappa shape index (κ3) is 1.90. The van der Waals surface area contributed by atoms with E-state index in [4.69, 9.17) is 11.6 Å². The number of hydrogen-bond donors (Lipinski definition) is 1. The van der Waals surface area contributed by atoms with Crippen molar-refractivity contribution in [2.45, 2.75) is 44.2 Å². The van der Waals surface area contributed by atoms with Crippen LogP contribution in [0.1, 0.15) is 32.6 Å². The van der Waals surface area contributed by atoms with Crippen molar-refractivity contribution in [1.29, 1.82) is 0 Å². The van der Waals surface area contributed by atoms with E-state index in [1.54, 1.807) is 24.0 Å². The molecule has 3 rings (SSSR count). The molecule has 1 saturated heterocycles. The smallest absolute Gasteiger partial charge is 0.253 e. The Labute approximate surface area is 123 Å². The Morgan fingerprint density at radius 2 is 1.90 bits per heavy atom. The van der Waals surface area contributed by atoms with Gasteiger partial charge in [0, 0.05) is 0 Å². The molecule has 0 bridgehead atoms. The molecule has 4 nitrogen and oxygen atoms in total. The van der Waals surface area contributed by atoms with Gasteiger partial charge in [0.15, 0.2) is 0 Å². The number of amides is 2. The quantitative estimate of drug-likeness (QED) is 0.864. The van der Waals surface area contributed by atoms with E-state index in [0.717, 1.165) is 12.8 Å². The first kappa shape index (κ1) is 13.4. The molecule has 1 aliphatic heterocycles. The number of hydrogen-bond acceptors (Lipinski definition) is 2. The van der Waals surface area contributed by atoms with Gasteiger partial charge in [-0.05, 0) is 31.9 Å². The predicted molar refractivity (Wildman–Crippen MR) is 77.7 cm³/mol. The van der Waals surface area contributed by atoms with Crippen molar-refractivity contribution < 1.29 is 9.59 Å². The Kier molecular flexibility index (Phi) is 3.21. The lowest BCUT2D eigenvalue weighted by Gasteiger charge is -2.43. The van der Waals surface area contributed by atoms with E-state index in [-0.39, 0.29) is 11.8 Å². The van der Waals surface area contributed by atoms with Gasteiger partial charge in [0.25, 0.3) is 5.91 Å². The van der Waals surface area contributed by atoms with Gasteiger partial charge in [-0.2, -0.15) is 0 Å². The number of nitrogens with zero attached hydrogens (tertiary/aromatic N) is 1. The summed E-state index contributed by atoms with van der Waals surface area (Å²) in [6, 6.07) is 6.64. The lowest BCUT2D eigenvalue weighted by atomic mass is 9.90. The third-order valence-corrected chi connectivity index (χ3v) is 4.65. The number of anilines is 1. The van der Waals surface area contributed by atoms with E-state index in [1.807, 2.05) is 12.1 Å². The normalized spacial score (nSPS) is 25.1. The van der Waals surface area contributed by atoms with Crippen molar-refractivity contribution in [1.82, 2.24) is 5.32 Å². The average molecular weight is 293 g/mol. The molecule has 0 radical (unpaired) electrons. The zero-order valence-corrected chi connectivity index (χ0v) is 12.1. The number of benzene rings is 1. The molecule has 2 fully saturated rings. The van der Waals surface area contributed by atoms with Crippen molar-refractivity contribution in [3.8, 4) is 0 Å². The highest BCUT2D eigenvalue weighted by Gasteiger charge is 2.51. The standard InChI is InChI=1S/C15H17ClN2O2/c1-10-13(19)17-15(8-4-5-9-15)14(20)18(10)12-7-3-2-6-11(12)16/h2-3,6-7,10H,4-5,8-9H2,1H3,(H,17,19). The van der Waals surface area contributed by atoms with E-state index in [9.17, 15) is 9.59 Å². The maximum Gasteiger partial charge on any atom is 0.253 e. The lowest BCUT2D eigenvalue weighted by molar-refractivity contribution is -0.137. The van der Waals surface area contributed by atoms with Gasteiger partial charge in [-0.25, -0.2) is 0 Å². The minimum Gasteiger partial charge on any atom is -0.340 e. The molecule has 1 unspecified atom stereocenters. The summed E-state index contributed by atoms with van der Waals surface area (Å²) in [4.78, 5) is 26.7. The van der Waals surface area contributed by atoms with Crippen LogP contribution in [0.25, 0.3) is 0 Å². The molecule has 1 spiro atoms. The number of halogens is 1. The van der Waals surface area contributed by atoms with E-state index in [2.05, 4.69) is 5.32 Å². The van der Waals surface area contributed by atoms with Gasteiger partial charge in [0.2, 0.25) is 5.91 Å². The summed E-state index contributed by atoms with van der Waals surface area (Å²) in [6.07, 6.45) is 3.37. The molecule has 1 saturated carbocycles. The van der Waals surface area contributed by atoms with E-state index in [0.29, 0.717) is 23.6 Å². The minimum absolute atomic E-state index is 0.0322. The van der Waals surface area contributed by atoms with Crippen LogP contribution in [-0.2, 0) is 9.59 Å². The number of nitrogens with one attached hydrogen (secondary N) is 1. The molecule has 1 aromatic carbocycles. The van der Waals surface area contributed by atoms with Gasteiger partial charge >= 0.3 is 0 Å². The van der Waals surface area contributed by atoms with Crippen LogP contribution in [0.2, 0.25) is 5.02 Å². The lowest BCUT2D eigenvalue weighted by Crippen LogP contribution is -2.69. The van der Waals surface area contributed by atoms with Crippen LogP contribution < -0.4 is 10.2 Å². The fraction of sp³-hybridized carbons (Fsp3) is 0.467. The van der Waals surface area contributed by atoms with Gasteiger partial charge in [0.1, 0.15) is 11.6 Å². The second-order valence-electron chi connectivity index (χ2n) is 5.58. The molecule has 1 atom stereocenters. The molecular weight excluding hydrogens is 276 g/mol. The SMILES string of the molecule is CC1C(=O)NC2(CCCC2)C(=O)N1c1ccccc1Cl. The number of carbonyl (C=O) groups is 2. The highest BCUT2D eigenvalue weighted by molar-refractivity contribution is 6.34. The highest BCUT2D eigenvalue weighted by Crippen LogP contribution is 2.38. The molecule has 1 aromatic rings. The zero-order valence-electron chi connectivity index (χ0n) is 11.4. The van der Waals surface area contributed by atoms with Crippen LogP contribution in [0, 0.1) is 0 Å². The van der Waals surface area contributed by atoms with Crippen molar-refractivity contribution in [2.24, 2.45) is 0 Å². The summed E-state index contributed by atoms with van der Waals surface area (Å²) >= 11 is 6.21. The summed E-state index contributed by atoms with van der Waals surface area (Å²) < 4.78 is 0. The van der Waals surface area contributed by atoms with Crippen LogP contribution in [0.15, 0.2) is 24.3 Å². The first-order chi connectivity index (χ1) is 9.55. The first-order valence-corrected chi connectivity index (χ1v) is 7.33. The molecule has 2 amide bonds. The zero-order chi connectivity index (χ0) is 14.3. The van der Waals surface area contributed by atoms with Crippen molar-refractivity contribution >= 4 is 29.1 Å². The number of para-hydroxylation sites is 1. The number of carbonyl (C=O) groups excluding carboxylic acids is 2. The molecule has 106 valence electrons. The van der Waals surface area contributed by atoms with Gasteiger partial charge in [-0.15, -0.1) is 0 Å². The fourth-order valence-corrected chi connectivity index (χ4v) is 3.43. The second kappa shape index (κ2) is 4.77. The molecular formula is C15H17ClN2O2. The van der Waals surface area contributed by atoms with Crippen LogP contribution >= 0.6 is 11.6 Å². The van der Waals surface area contributed by atoms with Gasteiger partial charge < -0.3 is 5.32 Å². The highest BCUT2D eigenvalue weighted by atomic mass is 35.5. The molecule has 1 aliphatic carbocycles. The molecule has 20 heavy (non-hydrogen) atoms. The Morgan fingerprint density at radius 3 is 2.55 bits per heavy atom. The van der Waals surface area contributed by atoms with Crippen molar-refractivity contribution in [3.05, 3.63) is 29.3 Å². The minimum atomic E-state index is -0.719. The van der Waals surface area contributed by atoms with Crippen molar-refractivity contribution in [2.75, 3.05) is 4.90 Å². The summed E-state index contributed by atoms with van der Waals surface area (Å²) in [5, 5.41) is 3.43.